The predicted octanol–water partition coefficient (Wildman–Crippen LogP) is 1.45. The minimum Gasteiger partial charge on any atom is -0.497 e. The maximum atomic E-state index is 15.7. The van der Waals surface area contributed by atoms with Gasteiger partial charge in [0.15, 0.2) is 17.4 Å². The summed E-state index contributed by atoms with van der Waals surface area (Å²) in [7, 11) is 1.42. The smallest absolute Gasteiger partial charge is 0.350 e. The van der Waals surface area contributed by atoms with E-state index in [9.17, 15) is 4.79 Å². The van der Waals surface area contributed by atoms with E-state index in [0.717, 1.165) is 11.6 Å². The van der Waals surface area contributed by atoms with Gasteiger partial charge in [0.05, 0.1) is 13.7 Å². The second-order valence-corrected chi connectivity index (χ2v) is 7.96. The van der Waals surface area contributed by atoms with E-state index in [0.29, 0.717) is 11.3 Å². The number of hydrogen-bond donors (Lipinski definition) is 6. The second kappa shape index (κ2) is 13.5. The van der Waals surface area contributed by atoms with Crippen LogP contribution in [-0.2, 0) is 4.79 Å². The third kappa shape index (κ3) is 7.38. The first-order chi connectivity index (χ1) is 19.1. The number of nitrogens with two attached hydrogens (primary N) is 1. The quantitative estimate of drug-likeness (QED) is 0.122. The number of methoxy groups -OCH3 is 1. The third-order valence-corrected chi connectivity index (χ3v) is 5.09. The van der Waals surface area contributed by atoms with Crippen molar-refractivity contribution in [3.05, 3.63) is 88.1 Å². The van der Waals surface area contributed by atoms with E-state index in [1.165, 1.54) is 31.6 Å². The molecule has 0 saturated heterocycles. The molecular formula is C25H27FN8O6. The van der Waals surface area contributed by atoms with Crippen molar-refractivity contribution in [2.24, 2.45) is 5.73 Å². The van der Waals surface area contributed by atoms with Gasteiger partial charge < -0.3 is 30.7 Å². The van der Waals surface area contributed by atoms with Crippen molar-refractivity contribution in [1.29, 1.82) is 5.41 Å². The molecule has 4 aromatic rings. The fraction of sp³-hybridized carbons (Fsp3) is 0.200. The number of nitrogens with zero attached hydrogens (tertiary/aromatic N) is 4. The van der Waals surface area contributed by atoms with Crippen molar-refractivity contribution in [1.82, 2.24) is 24.7 Å². The zero-order valence-electron chi connectivity index (χ0n) is 21.5. The Morgan fingerprint density at radius 2 is 1.90 bits per heavy atom. The number of rotatable bonds is 10. The molecule has 0 fully saturated rings. The maximum absolute atomic E-state index is 15.7. The van der Waals surface area contributed by atoms with Crippen LogP contribution in [0.3, 0.4) is 0 Å². The Morgan fingerprint density at radius 1 is 1.25 bits per heavy atom. The van der Waals surface area contributed by atoms with Gasteiger partial charge in [0.1, 0.15) is 24.2 Å². The number of carbonyl (C=O) groups is 1. The van der Waals surface area contributed by atoms with Gasteiger partial charge in [-0.3, -0.25) is 15.2 Å². The van der Waals surface area contributed by atoms with Gasteiger partial charge in [0.25, 0.3) is 11.9 Å². The molecule has 2 heterocycles. The van der Waals surface area contributed by atoms with Crippen LogP contribution < -0.4 is 26.2 Å². The van der Waals surface area contributed by atoms with Gasteiger partial charge in [0, 0.05) is 42.2 Å². The number of aliphatic carboxylic acids is 1. The van der Waals surface area contributed by atoms with E-state index in [-0.39, 0.29) is 47.9 Å². The molecule has 1 atom stereocenters. The van der Waals surface area contributed by atoms with E-state index in [2.05, 4.69) is 25.4 Å². The highest BCUT2D eigenvalue weighted by molar-refractivity contribution is 5.95. The number of aromatic amines is 1. The molecule has 0 bridgehead atoms. The number of aromatic nitrogens is 5. The molecule has 0 aliphatic carbocycles. The third-order valence-electron chi connectivity index (χ3n) is 5.09. The molecule has 210 valence electrons. The Labute approximate surface area is 226 Å². The number of hydrogen-bond acceptors (Lipinski definition) is 10. The summed E-state index contributed by atoms with van der Waals surface area (Å²) in [5.74, 6) is -1.45. The Morgan fingerprint density at radius 3 is 2.48 bits per heavy atom. The molecule has 4 rings (SSSR count). The number of ether oxygens (including phenoxy) is 2. The fourth-order valence-corrected chi connectivity index (χ4v) is 3.39. The number of carboxylic acids is 1. The number of aliphatic hydroxyl groups excluding tert-OH is 1. The number of anilines is 1. The van der Waals surface area contributed by atoms with E-state index in [4.69, 9.17) is 35.6 Å². The Balaban J connectivity index is 0.00000103. The second-order valence-electron chi connectivity index (χ2n) is 7.96. The fourth-order valence-electron chi connectivity index (χ4n) is 3.39. The van der Waals surface area contributed by atoms with Gasteiger partial charge >= 0.3 is 5.69 Å². The van der Waals surface area contributed by atoms with Gasteiger partial charge in [-0.2, -0.15) is 0 Å². The van der Waals surface area contributed by atoms with Crippen LogP contribution in [0.1, 0.15) is 29.9 Å². The number of aliphatic hydroxyl groups is 1. The summed E-state index contributed by atoms with van der Waals surface area (Å²) in [6.45, 7) is 0.635. The van der Waals surface area contributed by atoms with Crippen LogP contribution in [0.5, 0.6) is 11.5 Å². The minimum absolute atomic E-state index is 0.0349. The predicted molar refractivity (Wildman–Crippen MR) is 142 cm³/mol. The van der Waals surface area contributed by atoms with Crippen molar-refractivity contribution >= 4 is 17.5 Å². The largest absolute Gasteiger partial charge is 0.497 e. The van der Waals surface area contributed by atoms with Crippen molar-refractivity contribution in [2.75, 3.05) is 25.6 Å². The molecule has 0 spiro atoms. The van der Waals surface area contributed by atoms with Crippen LogP contribution >= 0.6 is 0 Å². The average molecular weight is 555 g/mol. The molecule has 40 heavy (non-hydrogen) atoms. The lowest BCUT2D eigenvalue weighted by Crippen LogP contribution is -2.18. The van der Waals surface area contributed by atoms with E-state index >= 15 is 4.39 Å². The molecule has 15 heteroatoms. The maximum Gasteiger partial charge on any atom is 0.350 e. The molecule has 14 nitrogen and oxygen atoms in total. The monoisotopic (exact) mass is 554 g/mol. The first-order valence-electron chi connectivity index (χ1n) is 11.6. The number of benzene rings is 2. The summed E-state index contributed by atoms with van der Waals surface area (Å²) in [5, 5.41) is 31.6. The summed E-state index contributed by atoms with van der Waals surface area (Å²) in [4.78, 5) is 32.4. The molecule has 0 aliphatic rings. The normalized spacial score (nSPS) is 11.1. The van der Waals surface area contributed by atoms with Gasteiger partial charge in [-0.15, -0.1) is 9.78 Å². The van der Waals surface area contributed by atoms with Crippen molar-refractivity contribution in [3.63, 3.8) is 0 Å². The number of carboxylic acid groups (broad SMARTS) is 1. The van der Waals surface area contributed by atoms with Crippen LogP contribution in [-0.4, -0.2) is 67.1 Å². The van der Waals surface area contributed by atoms with Crippen LogP contribution in [0.4, 0.5) is 10.1 Å². The summed E-state index contributed by atoms with van der Waals surface area (Å²) in [5.41, 5.74) is 5.98. The Bertz CT molecular complexity index is 1500. The topological polar surface area (TPSA) is 214 Å². The average Bonchev–Trinajstić information content (AvgIpc) is 3.33. The van der Waals surface area contributed by atoms with Crippen molar-refractivity contribution in [2.45, 2.75) is 13.0 Å². The number of halogens is 1. The standard InChI is InChI=1S/C23H23FN8O4.C2H4O2/c1-35-15-11-16(18(24)17(12-15)36-10-9-33)19(29-14-5-3-13(4-6-14)20(25)26)21-30-23(34)32(31-21)22-27-7-2-8-28-22;1-2(3)4/h2-8,11-12,19,29,33H,9-10H2,1H3,(H3,25,26)(H,30,31,34);1H3,(H,3,4). The highest BCUT2D eigenvalue weighted by atomic mass is 19.1. The van der Waals surface area contributed by atoms with Gasteiger partial charge in [-0.25, -0.2) is 19.2 Å². The van der Waals surface area contributed by atoms with Crippen molar-refractivity contribution in [3.8, 4) is 17.4 Å². The lowest BCUT2D eigenvalue weighted by Gasteiger charge is -2.21. The SMILES string of the molecule is CC(=O)O.COc1cc(OCCO)c(F)c(C(Nc2ccc(C(=N)N)cc2)c2nn(-c3ncccn3)c(=O)[nH]2)c1. The van der Waals surface area contributed by atoms with E-state index in [1.54, 1.807) is 30.3 Å². The molecule has 2 aromatic carbocycles. The molecule has 0 aliphatic heterocycles. The molecule has 0 amide bonds. The Hall–Kier alpha value is -5.31. The van der Waals surface area contributed by atoms with Crippen molar-refractivity contribution < 1.29 is 28.9 Å². The van der Waals surface area contributed by atoms with Crippen LogP contribution in [0.2, 0.25) is 0 Å². The lowest BCUT2D eigenvalue weighted by atomic mass is 10.0. The number of amidine groups is 1. The van der Waals surface area contributed by atoms with E-state index in [1.807, 2.05) is 0 Å². The zero-order valence-corrected chi connectivity index (χ0v) is 21.5. The first kappa shape index (κ1) is 29.2. The Kier molecular flexibility index (Phi) is 9.85. The van der Waals surface area contributed by atoms with Gasteiger partial charge in [-0.1, -0.05) is 0 Å². The van der Waals surface area contributed by atoms with Crippen LogP contribution in [0, 0.1) is 11.2 Å². The molecule has 7 N–H and O–H groups in total. The number of nitrogen functional groups attached to an aromatic ring is 1. The minimum atomic E-state index is -1.03. The summed E-state index contributed by atoms with van der Waals surface area (Å²) >= 11 is 0. The molecule has 2 aromatic heterocycles. The molecular weight excluding hydrogens is 527 g/mol. The summed E-state index contributed by atoms with van der Waals surface area (Å²) in [6, 6.07) is 9.91. The van der Waals surface area contributed by atoms with Crippen LogP contribution in [0.25, 0.3) is 5.95 Å². The lowest BCUT2D eigenvalue weighted by molar-refractivity contribution is -0.134. The van der Waals surface area contributed by atoms with Gasteiger partial charge in [0.2, 0.25) is 0 Å². The zero-order chi connectivity index (χ0) is 29.2. The first-order valence-corrected chi connectivity index (χ1v) is 11.6. The molecule has 0 radical (unpaired) electrons. The highest BCUT2D eigenvalue weighted by Gasteiger charge is 2.27. The van der Waals surface area contributed by atoms with Gasteiger partial charge in [-0.05, 0) is 36.4 Å². The number of H-pyrrole nitrogens is 1. The van der Waals surface area contributed by atoms with Crippen LogP contribution in [0.15, 0.2) is 59.7 Å². The molecule has 0 saturated carbocycles. The summed E-state index contributed by atoms with van der Waals surface area (Å²) in [6.07, 6.45) is 2.92. The number of nitrogens with one attached hydrogen (secondary N) is 3. The van der Waals surface area contributed by atoms with E-state index < -0.39 is 23.5 Å². The summed E-state index contributed by atoms with van der Waals surface area (Å²) < 4.78 is 27.3. The molecule has 1 unspecified atom stereocenters. The highest BCUT2D eigenvalue weighted by Crippen LogP contribution is 2.34.